The second-order valence-electron chi connectivity index (χ2n) is 5.62. The maximum Gasteiger partial charge on any atom is 0.124 e. The summed E-state index contributed by atoms with van der Waals surface area (Å²) in [6, 6.07) is 6.56. The fourth-order valence-corrected chi connectivity index (χ4v) is 2.73. The monoisotopic (exact) mass is 293 g/mol. The third-order valence-electron chi connectivity index (χ3n) is 4.03. The molecule has 1 aliphatic rings. The number of nitrogens with one attached hydrogen (secondary N) is 1. The van der Waals surface area contributed by atoms with Crippen LogP contribution in [0.15, 0.2) is 18.2 Å². The zero-order valence-electron chi connectivity index (χ0n) is 13.4. The van der Waals surface area contributed by atoms with E-state index in [1.165, 1.54) is 18.4 Å². The van der Waals surface area contributed by atoms with Gasteiger partial charge in [0.05, 0.1) is 19.8 Å². The van der Waals surface area contributed by atoms with Crippen molar-refractivity contribution in [1.82, 2.24) is 5.32 Å². The van der Waals surface area contributed by atoms with E-state index in [1.54, 1.807) is 14.2 Å². The van der Waals surface area contributed by atoms with Crippen LogP contribution in [0.2, 0.25) is 0 Å². The van der Waals surface area contributed by atoms with E-state index in [4.69, 9.17) is 14.2 Å². The van der Waals surface area contributed by atoms with Gasteiger partial charge in [-0.2, -0.15) is 0 Å². The quantitative estimate of drug-likeness (QED) is 0.838. The molecule has 0 spiro atoms. The molecule has 2 unspecified atom stereocenters. The normalized spacial score (nSPS) is 20.2. The topological polar surface area (TPSA) is 39.7 Å². The number of benzene rings is 1. The van der Waals surface area contributed by atoms with Crippen molar-refractivity contribution in [1.29, 1.82) is 0 Å². The second kappa shape index (κ2) is 8.37. The summed E-state index contributed by atoms with van der Waals surface area (Å²) < 4.78 is 16.4. The van der Waals surface area contributed by atoms with Gasteiger partial charge in [0, 0.05) is 31.9 Å². The zero-order valence-corrected chi connectivity index (χ0v) is 13.4. The summed E-state index contributed by atoms with van der Waals surface area (Å²) in [5.41, 5.74) is 2.33. The Labute approximate surface area is 127 Å². The Morgan fingerprint density at radius 2 is 2.19 bits per heavy atom. The Balaban J connectivity index is 1.94. The van der Waals surface area contributed by atoms with E-state index in [9.17, 15) is 0 Å². The van der Waals surface area contributed by atoms with Crippen molar-refractivity contribution in [3.05, 3.63) is 29.3 Å². The van der Waals surface area contributed by atoms with E-state index in [2.05, 4.69) is 24.4 Å². The minimum absolute atomic E-state index is 0.289. The van der Waals surface area contributed by atoms with Crippen LogP contribution >= 0.6 is 0 Å². The van der Waals surface area contributed by atoms with Crippen molar-refractivity contribution in [2.24, 2.45) is 0 Å². The fraction of sp³-hybridized carbons (Fsp3) is 0.647. The Kier molecular flexibility index (Phi) is 6.49. The van der Waals surface area contributed by atoms with Crippen LogP contribution in [0.25, 0.3) is 0 Å². The predicted molar refractivity (Wildman–Crippen MR) is 83.7 cm³/mol. The number of hydrogen-bond acceptors (Lipinski definition) is 4. The van der Waals surface area contributed by atoms with Gasteiger partial charge in [-0.1, -0.05) is 6.07 Å². The fourth-order valence-electron chi connectivity index (χ4n) is 2.73. The minimum atomic E-state index is 0.289. The molecule has 21 heavy (non-hydrogen) atoms. The van der Waals surface area contributed by atoms with Crippen molar-refractivity contribution in [2.75, 3.05) is 27.4 Å². The van der Waals surface area contributed by atoms with Crippen molar-refractivity contribution in [3.8, 4) is 5.75 Å². The molecule has 4 nitrogen and oxygen atoms in total. The van der Waals surface area contributed by atoms with Crippen LogP contribution in [0.1, 0.15) is 43.4 Å². The Morgan fingerprint density at radius 3 is 2.86 bits per heavy atom. The van der Waals surface area contributed by atoms with Gasteiger partial charge < -0.3 is 19.5 Å². The first-order chi connectivity index (χ1) is 10.2. The number of methoxy groups -OCH3 is 2. The van der Waals surface area contributed by atoms with Crippen LogP contribution in [0.3, 0.4) is 0 Å². The molecule has 1 heterocycles. The highest BCUT2D eigenvalue weighted by atomic mass is 16.5. The summed E-state index contributed by atoms with van der Waals surface area (Å²) in [5, 5.41) is 3.57. The third kappa shape index (κ3) is 4.70. The Bertz CT molecular complexity index is 430. The highest BCUT2D eigenvalue weighted by molar-refractivity contribution is 5.38. The maximum absolute atomic E-state index is 5.76. The molecule has 0 amide bonds. The Morgan fingerprint density at radius 1 is 1.33 bits per heavy atom. The highest BCUT2D eigenvalue weighted by Crippen LogP contribution is 2.24. The lowest BCUT2D eigenvalue weighted by atomic mass is 10.0. The van der Waals surface area contributed by atoms with Crippen LogP contribution in [0, 0.1) is 0 Å². The molecule has 0 bridgehead atoms. The lowest BCUT2D eigenvalue weighted by Crippen LogP contribution is -2.33. The molecular weight excluding hydrogens is 266 g/mol. The maximum atomic E-state index is 5.76. The van der Waals surface area contributed by atoms with Crippen LogP contribution in [-0.4, -0.2) is 33.5 Å². The van der Waals surface area contributed by atoms with Crippen LogP contribution in [0.4, 0.5) is 0 Å². The highest BCUT2D eigenvalue weighted by Gasteiger charge is 2.15. The molecule has 1 fully saturated rings. The first-order valence-corrected chi connectivity index (χ1v) is 7.75. The molecule has 1 aromatic carbocycles. The lowest BCUT2D eigenvalue weighted by molar-refractivity contribution is 0.0156. The summed E-state index contributed by atoms with van der Waals surface area (Å²) in [6.07, 6.45) is 4.00. The van der Waals surface area contributed by atoms with E-state index < -0.39 is 0 Å². The second-order valence-corrected chi connectivity index (χ2v) is 5.62. The lowest BCUT2D eigenvalue weighted by Gasteiger charge is -2.25. The van der Waals surface area contributed by atoms with E-state index in [1.807, 2.05) is 6.07 Å². The number of hydrogen-bond donors (Lipinski definition) is 1. The van der Waals surface area contributed by atoms with Crippen LogP contribution in [0.5, 0.6) is 5.75 Å². The summed E-state index contributed by atoms with van der Waals surface area (Å²) in [6.45, 7) is 4.56. The van der Waals surface area contributed by atoms with Gasteiger partial charge in [-0.05, 0) is 43.9 Å². The molecule has 1 aliphatic heterocycles. The van der Waals surface area contributed by atoms with Crippen LogP contribution < -0.4 is 10.1 Å². The molecule has 0 aromatic heterocycles. The average Bonchev–Trinajstić information content (AvgIpc) is 2.54. The first kappa shape index (κ1) is 16.3. The predicted octanol–water partition coefficient (Wildman–Crippen LogP) is 3.06. The molecule has 0 radical (unpaired) electrons. The molecule has 0 saturated carbocycles. The number of ether oxygens (including phenoxy) is 3. The van der Waals surface area contributed by atoms with Gasteiger partial charge in [0.2, 0.25) is 0 Å². The summed E-state index contributed by atoms with van der Waals surface area (Å²) in [7, 11) is 3.39. The minimum Gasteiger partial charge on any atom is -0.496 e. The van der Waals surface area contributed by atoms with Gasteiger partial charge in [-0.25, -0.2) is 0 Å². The van der Waals surface area contributed by atoms with Crippen LogP contribution in [-0.2, 0) is 16.1 Å². The molecule has 4 heteroatoms. The average molecular weight is 293 g/mol. The van der Waals surface area contributed by atoms with E-state index >= 15 is 0 Å². The van der Waals surface area contributed by atoms with Gasteiger partial charge in [0.25, 0.3) is 0 Å². The molecule has 1 saturated heterocycles. The summed E-state index contributed by atoms with van der Waals surface area (Å²) in [4.78, 5) is 0. The Hall–Kier alpha value is -1.10. The van der Waals surface area contributed by atoms with Crippen molar-refractivity contribution < 1.29 is 14.2 Å². The first-order valence-electron chi connectivity index (χ1n) is 7.75. The van der Waals surface area contributed by atoms with E-state index in [0.29, 0.717) is 12.7 Å². The molecular formula is C17H27NO3. The smallest absolute Gasteiger partial charge is 0.124 e. The van der Waals surface area contributed by atoms with Gasteiger partial charge in [0.15, 0.2) is 0 Å². The molecule has 2 rings (SSSR count). The number of rotatable bonds is 7. The summed E-state index contributed by atoms with van der Waals surface area (Å²) >= 11 is 0. The van der Waals surface area contributed by atoms with Crippen molar-refractivity contribution in [3.63, 3.8) is 0 Å². The zero-order chi connectivity index (χ0) is 15.1. The molecule has 1 aromatic rings. The molecule has 2 atom stereocenters. The van der Waals surface area contributed by atoms with Gasteiger partial charge in [-0.15, -0.1) is 0 Å². The molecule has 118 valence electrons. The largest absolute Gasteiger partial charge is 0.496 e. The third-order valence-corrected chi connectivity index (χ3v) is 4.03. The molecule has 1 N–H and O–H groups in total. The van der Waals surface area contributed by atoms with E-state index in [0.717, 1.165) is 30.9 Å². The van der Waals surface area contributed by atoms with Gasteiger partial charge >= 0.3 is 0 Å². The van der Waals surface area contributed by atoms with Crippen molar-refractivity contribution >= 4 is 0 Å². The van der Waals surface area contributed by atoms with Gasteiger partial charge in [-0.3, -0.25) is 0 Å². The standard InChI is InChI=1S/C17H27NO3/c1-13(18-11-16-6-4-5-9-21-16)14-7-8-17(20-3)15(10-14)12-19-2/h7-8,10,13,16,18H,4-6,9,11-12H2,1-3H3. The van der Waals surface area contributed by atoms with E-state index in [-0.39, 0.29) is 6.04 Å². The summed E-state index contributed by atoms with van der Waals surface area (Å²) in [5.74, 6) is 0.878. The molecule has 0 aliphatic carbocycles. The SMILES string of the molecule is COCc1cc(C(C)NCC2CCCCO2)ccc1OC. The van der Waals surface area contributed by atoms with Crippen molar-refractivity contribution in [2.45, 2.75) is 44.9 Å². The van der Waals surface area contributed by atoms with Gasteiger partial charge in [0.1, 0.15) is 5.75 Å².